The monoisotopic (exact) mass is 338 g/mol. The van der Waals surface area contributed by atoms with Crippen LogP contribution < -0.4 is 0 Å². The largest absolute Gasteiger partial charge is 0.377 e. The maximum Gasteiger partial charge on any atom is 0.0701 e. The molecule has 0 amide bonds. The van der Waals surface area contributed by atoms with Gasteiger partial charge in [0.05, 0.1) is 65.9 Å². The van der Waals surface area contributed by atoms with E-state index in [-0.39, 0.29) is 0 Å². The van der Waals surface area contributed by atoms with Gasteiger partial charge in [-0.15, -0.1) is 0 Å². The van der Waals surface area contributed by atoms with E-state index in [1.807, 2.05) is 33.9 Å². The molecule has 0 spiro atoms. The van der Waals surface area contributed by atoms with E-state index in [0.29, 0.717) is 52.9 Å². The first-order chi connectivity index (χ1) is 11.9. The average molecular weight is 338 g/mol. The van der Waals surface area contributed by atoms with E-state index in [1.165, 1.54) is 0 Å². The topological polar surface area (TPSA) is 72.6 Å². The van der Waals surface area contributed by atoms with Gasteiger partial charge in [-0.05, 0) is 12.1 Å². The highest BCUT2D eigenvalue weighted by Crippen LogP contribution is 1.88. The lowest BCUT2D eigenvalue weighted by molar-refractivity contribution is -0.00364. The van der Waals surface area contributed by atoms with Gasteiger partial charge in [0, 0.05) is 24.8 Å². The minimum atomic E-state index is 0.565. The molecule has 0 radical (unpaired) electrons. The predicted octanol–water partition coefficient (Wildman–Crippen LogP) is 0.846. The van der Waals surface area contributed by atoms with Crippen LogP contribution >= 0.6 is 0 Å². The van der Waals surface area contributed by atoms with E-state index in [1.54, 1.807) is 12.4 Å². The van der Waals surface area contributed by atoms with Crippen LogP contribution in [-0.4, -0.2) is 72.4 Å². The Morgan fingerprint density at radius 1 is 0.542 bits per heavy atom. The maximum absolute atomic E-state index is 5.46. The molecule has 134 valence electrons. The summed E-state index contributed by atoms with van der Waals surface area (Å²) < 4.78 is 25.4. The highest BCUT2D eigenvalue weighted by molar-refractivity contribution is 4.77. The second-order valence-corrected chi connectivity index (χ2v) is 4.99. The van der Waals surface area contributed by atoms with Crippen molar-refractivity contribution in [3.05, 3.63) is 36.9 Å². The van der Waals surface area contributed by atoms with Crippen LogP contribution in [-0.2, 0) is 32.0 Å². The van der Waals surface area contributed by atoms with Crippen molar-refractivity contribution in [1.82, 2.24) is 19.6 Å². The van der Waals surface area contributed by atoms with Gasteiger partial charge in [0.2, 0.25) is 0 Å². The predicted molar refractivity (Wildman–Crippen MR) is 87.7 cm³/mol. The number of ether oxygens (including phenoxy) is 4. The Morgan fingerprint density at radius 2 is 0.917 bits per heavy atom. The van der Waals surface area contributed by atoms with Crippen LogP contribution in [0.1, 0.15) is 0 Å². The van der Waals surface area contributed by atoms with E-state index in [4.69, 9.17) is 18.9 Å². The molecule has 24 heavy (non-hydrogen) atoms. The summed E-state index contributed by atoms with van der Waals surface area (Å²) in [4.78, 5) is 0. The molecule has 0 unspecified atom stereocenters. The van der Waals surface area contributed by atoms with Crippen molar-refractivity contribution in [2.75, 3.05) is 52.9 Å². The van der Waals surface area contributed by atoms with Crippen LogP contribution in [0.5, 0.6) is 0 Å². The van der Waals surface area contributed by atoms with Gasteiger partial charge in [0.1, 0.15) is 0 Å². The lowest BCUT2D eigenvalue weighted by atomic mass is 10.6. The molecular weight excluding hydrogens is 312 g/mol. The highest BCUT2D eigenvalue weighted by atomic mass is 16.6. The molecule has 8 nitrogen and oxygen atoms in total. The van der Waals surface area contributed by atoms with Gasteiger partial charge in [-0.3, -0.25) is 9.36 Å². The summed E-state index contributed by atoms with van der Waals surface area (Å²) in [5.41, 5.74) is 0. The SMILES string of the molecule is c1cnn(CCOCCOCCOCCOCCn2cccn2)c1. The molecule has 0 saturated heterocycles. The summed E-state index contributed by atoms with van der Waals surface area (Å²) >= 11 is 0. The Morgan fingerprint density at radius 3 is 1.25 bits per heavy atom. The fourth-order valence-corrected chi connectivity index (χ4v) is 1.94. The van der Waals surface area contributed by atoms with Crippen molar-refractivity contribution in [3.63, 3.8) is 0 Å². The second-order valence-electron chi connectivity index (χ2n) is 4.99. The number of hydrogen-bond acceptors (Lipinski definition) is 6. The molecule has 8 heteroatoms. The van der Waals surface area contributed by atoms with Crippen molar-refractivity contribution < 1.29 is 18.9 Å². The zero-order valence-corrected chi connectivity index (χ0v) is 14.0. The molecule has 0 fully saturated rings. The van der Waals surface area contributed by atoms with Crippen LogP contribution in [0.2, 0.25) is 0 Å². The van der Waals surface area contributed by atoms with E-state index >= 15 is 0 Å². The first-order valence-electron chi connectivity index (χ1n) is 8.21. The number of rotatable bonds is 15. The summed E-state index contributed by atoms with van der Waals surface area (Å²) in [6.07, 6.45) is 7.35. The second kappa shape index (κ2) is 12.7. The van der Waals surface area contributed by atoms with Gasteiger partial charge in [-0.1, -0.05) is 0 Å². The third kappa shape index (κ3) is 8.78. The molecule has 0 aliphatic carbocycles. The minimum absolute atomic E-state index is 0.565. The third-order valence-electron chi connectivity index (χ3n) is 3.16. The normalized spacial score (nSPS) is 11.2. The van der Waals surface area contributed by atoms with Gasteiger partial charge in [0.15, 0.2) is 0 Å². The molecule has 0 saturated carbocycles. The fraction of sp³-hybridized carbons (Fsp3) is 0.625. The molecule has 2 heterocycles. The van der Waals surface area contributed by atoms with Crippen molar-refractivity contribution in [1.29, 1.82) is 0 Å². The molecule has 0 aliphatic heterocycles. The highest BCUT2D eigenvalue weighted by Gasteiger charge is 1.94. The van der Waals surface area contributed by atoms with Gasteiger partial charge in [-0.2, -0.15) is 10.2 Å². The number of aromatic nitrogens is 4. The molecule has 0 atom stereocenters. The van der Waals surface area contributed by atoms with E-state index in [2.05, 4.69) is 10.2 Å². The zero-order chi connectivity index (χ0) is 16.7. The fourth-order valence-electron chi connectivity index (χ4n) is 1.94. The lowest BCUT2D eigenvalue weighted by Crippen LogP contribution is -2.14. The van der Waals surface area contributed by atoms with Crippen LogP contribution in [0, 0.1) is 0 Å². The Bertz CT molecular complexity index is 444. The summed E-state index contributed by atoms with van der Waals surface area (Å²) in [6, 6.07) is 3.79. The Hall–Kier alpha value is -1.74. The standard InChI is InChI=1S/C16H26N4O4/c1-3-17-19(5-1)7-9-21-11-13-23-15-16-24-14-12-22-10-8-20-6-2-4-18-20/h1-6H,7-16H2. The van der Waals surface area contributed by atoms with Crippen molar-refractivity contribution >= 4 is 0 Å². The average Bonchev–Trinajstić information content (AvgIpc) is 3.28. The van der Waals surface area contributed by atoms with Crippen molar-refractivity contribution in [3.8, 4) is 0 Å². The van der Waals surface area contributed by atoms with Gasteiger partial charge in [-0.25, -0.2) is 0 Å². The van der Waals surface area contributed by atoms with Gasteiger partial charge >= 0.3 is 0 Å². The van der Waals surface area contributed by atoms with E-state index in [0.717, 1.165) is 13.1 Å². The smallest absolute Gasteiger partial charge is 0.0701 e. The molecule has 0 aliphatic rings. The quantitative estimate of drug-likeness (QED) is 0.448. The summed E-state index contributed by atoms with van der Waals surface area (Å²) in [7, 11) is 0. The molecular formula is C16H26N4O4. The Balaban J connectivity index is 1.25. The lowest BCUT2D eigenvalue weighted by Gasteiger charge is -2.07. The molecule has 2 aromatic rings. The molecule has 2 aromatic heterocycles. The first kappa shape index (κ1) is 18.6. The number of nitrogens with zero attached hydrogens (tertiary/aromatic N) is 4. The molecule has 0 bridgehead atoms. The third-order valence-corrected chi connectivity index (χ3v) is 3.16. The minimum Gasteiger partial charge on any atom is -0.377 e. The first-order valence-corrected chi connectivity index (χ1v) is 8.21. The molecule has 0 N–H and O–H groups in total. The Labute approximate surface area is 142 Å². The van der Waals surface area contributed by atoms with E-state index < -0.39 is 0 Å². The molecule has 0 aromatic carbocycles. The molecule has 2 rings (SSSR count). The maximum atomic E-state index is 5.46. The summed E-state index contributed by atoms with van der Waals surface area (Å²) in [6.45, 7) is 6.23. The van der Waals surface area contributed by atoms with E-state index in [9.17, 15) is 0 Å². The van der Waals surface area contributed by atoms with Crippen LogP contribution in [0.25, 0.3) is 0 Å². The summed E-state index contributed by atoms with van der Waals surface area (Å²) in [5, 5.41) is 8.20. The number of hydrogen-bond donors (Lipinski definition) is 0. The van der Waals surface area contributed by atoms with Crippen molar-refractivity contribution in [2.45, 2.75) is 13.1 Å². The van der Waals surface area contributed by atoms with Crippen LogP contribution in [0.3, 0.4) is 0 Å². The Kier molecular flexibility index (Phi) is 9.81. The van der Waals surface area contributed by atoms with Crippen molar-refractivity contribution in [2.24, 2.45) is 0 Å². The van der Waals surface area contributed by atoms with Crippen LogP contribution in [0.4, 0.5) is 0 Å². The van der Waals surface area contributed by atoms with Gasteiger partial charge < -0.3 is 18.9 Å². The van der Waals surface area contributed by atoms with Crippen LogP contribution in [0.15, 0.2) is 36.9 Å². The zero-order valence-electron chi connectivity index (χ0n) is 14.0. The summed E-state index contributed by atoms with van der Waals surface area (Å²) in [5.74, 6) is 0. The van der Waals surface area contributed by atoms with Gasteiger partial charge in [0.25, 0.3) is 0 Å².